The minimum atomic E-state index is -0.640. The number of piperazine rings is 1. The Bertz CT molecular complexity index is 981. The van der Waals surface area contributed by atoms with Crippen molar-refractivity contribution < 1.29 is 14.3 Å². The number of carbonyl (C=O) groups excluding carboxylic acids is 2. The lowest BCUT2D eigenvalue weighted by Crippen LogP contribution is -2.58. The molecule has 1 aliphatic rings. The molecule has 0 aliphatic carbocycles. The summed E-state index contributed by atoms with van der Waals surface area (Å²) in [5, 5.41) is 1.83. The Hall–Kier alpha value is -1.83. The van der Waals surface area contributed by atoms with Crippen molar-refractivity contribution in [3.8, 4) is 11.3 Å². The standard InChI is InChI=1S/C23H29Cl2N3O3S.2C2H6/c1-5-6-20(29)28-10-9-27(13-18(28)22(30)31-4)23-26-21(19(32-23)11-14(2)3)15-7-8-16(24)17(25)12-15;2*1-2/h7-8,12,14,18H,5-6,9-11,13H2,1-4H3;2*1-2H3. The smallest absolute Gasteiger partial charge is 0.330 e. The highest BCUT2D eigenvalue weighted by molar-refractivity contribution is 7.16. The fraction of sp³-hybridized carbons (Fsp3) is 0.593. The Labute approximate surface area is 230 Å². The van der Waals surface area contributed by atoms with Crippen molar-refractivity contribution >= 4 is 51.5 Å². The summed E-state index contributed by atoms with van der Waals surface area (Å²) < 4.78 is 5.00. The van der Waals surface area contributed by atoms with Crippen molar-refractivity contribution in [3.05, 3.63) is 33.1 Å². The van der Waals surface area contributed by atoms with E-state index in [0.29, 0.717) is 42.0 Å². The summed E-state index contributed by atoms with van der Waals surface area (Å²) in [5.74, 6) is 0.0395. The van der Waals surface area contributed by atoms with E-state index in [1.54, 1.807) is 22.3 Å². The molecule has 2 aromatic rings. The molecule has 1 amide bonds. The van der Waals surface area contributed by atoms with E-state index < -0.39 is 12.0 Å². The zero-order valence-electron chi connectivity index (χ0n) is 22.9. The van der Waals surface area contributed by atoms with Crippen LogP contribution in [0.1, 0.15) is 66.2 Å². The van der Waals surface area contributed by atoms with E-state index in [0.717, 1.165) is 34.1 Å². The van der Waals surface area contributed by atoms with E-state index in [-0.39, 0.29) is 5.91 Å². The molecule has 2 heterocycles. The van der Waals surface area contributed by atoms with Gasteiger partial charge in [-0.15, -0.1) is 11.3 Å². The van der Waals surface area contributed by atoms with Gasteiger partial charge < -0.3 is 14.5 Å². The van der Waals surface area contributed by atoms with Gasteiger partial charge in [0.15, 0.2) is 5.13 Å². The summed E-state index contributed by atoms with van der Waals surface area (Å²) in [7, 11) is 1.36. The van der Waals surface area contributed by atoms with Crippen LogP contribution < -0.4 is 4.90 Å². The van der Waals surface area contributed by atoms with E-state index in [1.807, 2.05) is 46.8 Å². The second kappa shape index (κ2) is 16.1. The number of ether oxygens (including phenoxy) is 1. The number of hydrogen-bond donors (Lipinski definition) is 0. The Balaban J connectivity index is 0.00000154. The number of thiazole rings is 1. The Kier molecular flexibility index (Phi) is 14.4. The highest BCUT2D eigenvalue weighted by Gasteiger charge is 2.37. The predicted octanol–water partition coefficient (Wildman–Crippen LogP) is 7.36. The molecule has 1 saturated heterocycles. The van der Waals surface area contributed by atoms with Gasteiger partial charge >= 0.3 is 5.97 Å². The van der Waals surface area contributed by atoms with E-state index >= 15 is 0 Å². The van der Waals surface area contributed by atoms with Crippen molar-refractivity contribution in [2.24, 2.45) is 5.92 Å². The van der Waals surface area contributed by atoms with Gasteiger partial charge in [-0.3, -0.25) is 4.79 Å². The molecule has 0 spiro atoms. The molecule has 1 atom stereocenters. The fourth-order valence-electron chi connectivity index (χ4n) is 3.80. The van der Waals surface area contributed by atoms with Gasteiger partial charge in [-0.05, 0) is 30.9 Å². The third-order valence-electron chi connectivity index (χ3n) is 5.38. The van der Waals surface area contributed by atoms with Gasteiger partial charge in [0.25, 0.3) is 0 Å². The van der Waals surface area contributed by atoms with Crippen molar-refractivity contribution in [1.82, 2.24) is 9.88 Å². The molecular formula is C27H41Cl2N3O3S. The number of hydrogen-bond acceptors (Lipinski definition) is 6. The van der Waals surface area contributed by atoms with Gasteiger partial charge in [0.1, 0.15) is 6.04 Å². The molecule has 1 unspecified atom stereocenters. The number of aromatic nitrogens is 1. The molecule has 3 rings (SSSR count). The number of rotatable bonds is 7. The van der Waals surface area contributed by atoms with Gasteiger partial charge in [0.2, 0.25) is 5.91 Å². The predicted molar refractivity (Wildman–Crippen MR) is 153 cm³/mol. The summed E-state index contributed by atoms with van der Waals surface area (Å²) in [5.41, 5.74) is 1.80. The maximum Gasteiger partial charge on any atom is 0.330 e. The average Bonchev–Trinajstić information content (AvgIpc) is 3.30. The minimum absolute atomic E-state index is 0.0151. The maximum absolute atomic E-state index is 12.6. The van der Waals surface area contributed by atoms with Gasteiger partial charge in [-0.1, -0.05) is 77.7 Å². The first-order chi connectivity index (χ1) is 17.2. The molecule has 1 aromatic heterocycles. The summed E-state index contributed by atoms with van der Waals surface area (Å²) in [6.45, 7) is 15.7. The third-order valence-corrected chi connectivity index (χ3v) is 7.26. The molecule has 0 radical (unpaired) electrons. The second-order valence-electron chi connectivity index (χ2n) is 8.32. The van der Waals surface area contributed by atoms with Gasteiger partial charge in [-0.25, -0.2) is 9.78 Å². The number of halogens is 2. The van der Waals surface area contributed by atoms with Crippen LogP contribution in [0.2, 0.25) is 10.0 Å². The van der Waals surface area contributed by atoms with Crippen molar-refractivity contribution in [1.29, 1.82) is 0 Å². The first kappa shape index (κ1) is 32.2. The Morgan fingerprint density at radius 2 is 1.81 bits per heavy atom. The van der Waals surface area contributed by atoms with Gasteiger partial charge in [0.05, 0.1) is 29.4 Å². The summed E-state index contributed by atoms with van der Waals surface area (Å²) in [6, 6.07) is 4.90. The molecule has 1 fully saturated rings. The van der Waals surface area contributed by atoms with Crippen LogP contribution in [0.5, 0.6) is 0 Å². The van der Waals surface area contributed by atoms with Crippen LogP contribution in [-0.2, 0) is 20.7 Å². The molecule has 0 saturated carbocycles. The van der Waals surface area contributed by atoms with E-state index in [1.165, 1.54) is 7.11 Å². The van der Waals surface area contributed by atoms with E-state index in [4.69, 9.17) is 32.9 Å². The van der Waals surface area contributed by atoms with Crippen LogP contribution in [0.25, 0.3) is 11.3 Å². The average molecular weight is 559 g/mol. The van der Waals surface area contributed by atoms with Crippen LogP contribution in [0.3, 0.4) is 0 Å². The summed E-state index contributed by atoms with van der Waals surface area (Å²) in [4.78, 5) is 34.9. The topological polar surface area (TPSA) is 62.7 Å². The van der Waals surface area contributed by atoms with Crippen LogP contribution in [0.4, 0.5) is 5.13 Å². The van der Waals surface area contributed by atoms with Gasteiger partial charge in [0, 0.05) is 30.0 Å². The van der Waals surface area contributed by atoms with Crippen LogP contribution in [0, 0.1) is 5.92 Å². The molecule has 0 N–H and O–H groups in total. The van der Waals surface area contributed by atoms with E-state index in [2.05, 4.69) is 18.7 Å². The molecule has 1 aliphatic heterocycles. The summed E-state index contributed by atoms with van der Waals surface area (Å²) >= 11 is 14.0. The lowest BCUT2D eigenvalue weighted by molar-refractivity contribution is -0.153. The molecule has 0 bridgehead atoms. The SMILES string of the molecule is CC.CC.CCCC(=O)N1CCN(c2nc(-c3ccc(Cl)c(Cl)c3)c(CC(C)C)s2)CC1C(=O)OC. The quantitative estimate of drug-likeness (QED) is 0.332. The molecule has 9 heteroatoms. The summed E-state index contributed by atoms with van der Waals surface area (Å²) in [6.07, 6.45) is 2.04. The van der Waals surface area contributed by atoms with Crippen molar-refractivity contribution in [3.63, 3.8) is 0 Å². The van der Waals surface area contributed by atoms with Crippen LogP contribution in [0.15, 0.2) is 18.2 Å². The molecule has 6 nitrogen and oxygen atoms in total. The highest BCUT2D eigenvalue weighted by atomic mass is 35.5. The fourth-order valence-corrected chi connectivity index (χ4v) is 5.43. The number of anilines is 1. The van der Waals surface area contributed by atoms with E-state index in [9.17, 15) is 9.59 Å². The van der Waals surface area contributed by atoms with Crippen LogP contribution >= 0.6 is 34.5 Å². The number of nitrogens with zero attached hydrogens (tertiary/aromatic N) is 3. The Morgan fingerprint density at radius 3 is 2.36 bits per heavy atom. The molecule has 1 aromatic carbocycles. The number of amides is 1. The van der Waals surface area contributed by atoms with Crippen molar-refractivity contribution in [2.75, 3.05) is 31.6 Å². The number of methoxy groups -OCH3 is 1. The first-order valence-electron chi connectivity index (χ1n) is 12.8. The van der Waals surface area contributed by atoms with Crippen molar-refractivity contribution in [2.45, 2.75) is 73.8 Å². The Morgan fingerprint density at radius 1 is 1.14 bits per heavy atom. The first-order valence-corrected chi connectivity index (χ1v) is 14.4. The van der Waals surface area contributed by atoms with Crippen LogP contribution in [-0.4, -0.2) is 54.5 Å². The number of carbonyl (C=O) groups is 2. The largest absolute Gasteiger partial charge is 0.467 e. The highest BCUT2D eigenvalue weighted by Crippen LogP contribution is 2.37. The normalized spacial score (nSPS) is 15.0. The lowest BCUT2D eigenvalue weighted by Gasteiger charge is -2.39. The monoisotopic (exact) mass is 557 g/mol. The number of esters is 1. The van der Waals surface area contributed by atoms with Gasteiger partial charge in [-0.2, -0.15) is 0 Å². The minimum Gasteiger partial charge on any atom is -0.467 e. The molecular weight excluding hydrogens is 517 g/mol. The second-order valence-corrected chi connectivity index (χ2v) is 10.2. The maximum atomic E-state index is 12.6. The zero-order chi connectivity index (χ0) is 27.4. The number of benzene rings is 1. The third kappa shape index (κ3) is 8.35. The lowest BCUT2D eigenvalue weighted by atomic mass is 10.0. The molecule has 36 heavy (non-hydrogen) atoms. The molecule has 202 valence electrons. The zero-order valence-corrected chi connectivity index (χ0v) is 25.2.